The summed E-state index contributed by atoms with van der Waals surface area (Å²) in [6.07, 6.45) is 3.24. The molecule has 2 rings (SSSR count). The van der Waals surface area contributed by atoms with Crippen LogP contribution in [-0.2, 0) is 6.54 Å². The van der Waals surface area contributed by atoms with Crippen molar-refractivity contribution in [1.82, 2.24) is 9.55 Å². The summed E-state index contributed by atoms with van der Waals surface area (Å²) < 4.78 is 2.04. The highest BCUT2D eigenvalue weighted by molar-refractivity contribution is 5.32. The van der Waals surface area contributed by atoms with Crippen LogP contribution in [0.2, 0.25) is 0 Å². The van der Waals surface area contributed by atoms with Crippen LogP contribution in [0.15, 0.2) is 30.6 Å². The van der Waals surface area contributed by atoms with Gasteiger partial charge >= 0.3 is 0 Å². The van der Waals surface area contributed by atoms with Gasteiger partial charge in [-0.2, -0.15) is 0 Å². The molecule has 102 valence electrons. The van der Waals surface area contributed by atoms with Crippen LogP contribution in [0, 0.1) is 13.8 Å². The molecule has 0 radical (unpaired) electrons. The predicted octanol–water partition coefficient (Wildman–Crippen LogP) is 3.36. The van der Waals surface area contributed by atoms with Crippen molar-refractivity contribution in [1.29, 1.82) is 0 Å². The summed E-state index contributed by atoms with van der Waals surface area (Å²) >= 11 is 0. The fourth-order valence-corrected chi connectivity index (χ4v) is 2.46. The summed E-state index contributed by atoms with van der Waals surface area (Å²) in [5, 5.41) is 10.4. The van der Waals surface area contributed by atoms with E-state index in [2.05, 4.69) is 31.8 Å². The number of hydrogen-bond acceptors (Lipinski definition) is 2. The molecule has 0 amide bonds. The molecule has 0 aliphatic rings. The molecule has 3 heteroatoms. The topological polar surface area (TPSA) is 38.0 Å². The van der Waals surface area contributed by atoms with Crippen LogP contribution in [0.5, 0.6) is 0 Å². The fraction of sp³-hybridized carbons (Fsp3) is 0.438. The van der Waals surface area contributed by atoms with E-state index in [4.69, 9.17) is 0 Å². The minimum atomic E-state index is -0.493. The molecule has 0 bridgehead atoms. The maximum atomic E-state index is 10.4. The highest BCUT2D eigenvalue weighted by Crippen LogP contribution is 2.22. The maximum Gasteiger partial charge on any atom is 0.111 e. The molecule has 0 aliphatic heterocycles. The fourth-order valence-electron chi connectivity index (χ4n) is 2.46. The molecule has 0 saturated heterocycles. The Hall–Kier alpha value is -1.61. The average Bonchev–Trinajstić information content (AvgIpc) is 2.76. The van der Waals surface area contributed by atoms with Gasteiger partial charge in [0.25, 0.3) is 0 Å². The smallest absolute Gasteiger partial charge is 0.111 e. The monoisotopic (exact) mass is 258 g/mol. The number of imidazole rings is 1. The van der Waals surface area contributed by atoms with Crippen LogP contribution in [0.1, 0.15) is 48.4 Å². The zero-order chi connectivity index (χ0) is 14.0. The van der Waals surface area contributed by atoms with Crippen molar-refractivity contribution in [3.8, 4) is 0 Å². The Kier molecular flexibility index (Phi) is 4.05. The SMILES string of the molecule is Cc1ccc(C(O)Cn2ccnc2C(C)C)c(C)c1. The number of aromatic nitrogens is 2. The summed E-state index contributed by atoms with van der Waals surface area (Å²) in [6, 6.07) is 6.17. The van der Waals surface area contributed by atoms with Gasteiger partial charge in [-0.25, -0.2) is 4.98 Å². The number of hydrogen-bond donors (Lipinski definition) is 1. The van der Waals surface area contributed by atoms with Crippen LogP contribution >= 0.6 is 0 Å². The van der Waals surface area contributed by atoms with E-state index in [1.165, 1.54) is 5.56 Å². The van der Waals surface area contributed by atoms with Crippen molar-refractivity contribution in [2.75, 3.05) is 0 Å². The van der Waals surface area contributed by atoms with Crippen LogP contribution in [0.3, 0.4) is 0 Å². The molecule has 0 saturated carbocycles. The molecule has 0 fully saturated rings. The summed E-state index contributed by atoms with van der Waals surface area (Å²) in [6.45, 7) is 8.89. The molecule has 0 aliphatic carbocycles. The lowest BCUT2D eigenvalue weighted by Crippen LogP contribution is -2.12. The Morgan fingerprint density at radius 3 is 2.63 bits per heavy atom. The largest absolute Gasteiger partial charge is 0.387 e. The first kappa shape index (κ1) is 13.8. The third kappa shape index (κ3) is 3.04. The van der Waals surface area contributed by atoms with E-state index in [1.54, 1.807) is 6.20 Å². The first-order valence-corrected chi connectivity index (χ1v) is 6.75. The van der Waals surface area contributed by atoms with E-state index >= 15 is 0 Å². The molecule has 1 N–H and O–H groups in total. The van der Waals surface area contributed by atoms with Gasteiger partial charge in [-0.15, -0.1) is 0 Å². The second-order valence-electron chi connectivity index (χ2n) is 5.47. The second kappa shape index (κ2) is 5.57. The van der Waals surface area contributed by atoms with Crippen molar-refractivity contribution in [3.05, 3.63) is 53.1 Å². The van der Waals surface area contributed by atoms with Crippen molar-refractivity contribution in [2.45, 2.75) is 46.3 Å². The lowest BCUT2D eigenvalue weighted by molar-refractivity contribution is 0.154. The van der Waals surface area contributed by atoms with Gasteiger partial charge in [-0.05, 0) is 25.0 Å². The number of benzene rings is 1. The summed E-state index contributed by atoms with van der Waals surface area (Å²) in [5.74, 6) is 1.38. The molecule has 1 heterocycles. The number of aryl methyl sites for hydroxylation is 2. The van der Waals surface area contributed by atoms with Gasteiger partial charge in [0.15, 0.2) is 0 Å². The van der Waals surface area contributed by atoms with Gasteiger partial charge in [0.2, 0.25) is 0 Å². The first-order valence-electron chi connectivity index (χ1n) is 6.75. The van der Waals surface area contributed by atoms with Crippen LogP contribution in [-0.4, -0.2) is 14.7 Å². The highest BCUT2D eigenvalue weighted by Gasteiger charge is 2.14. The van der Waals surface area contributed by atoms with E-state index in [9.17, 15) is 5.11 Å². The lowest BCUT2D eigenvalue weighted by atomic mass is 10.0. The van der Waals surface area contributed by atoms with Gasteiger partial charge in [0.05, 0.1) is 12.6 Å². The molecule has 19 heavy (non-hydrogen) atoms. The molecule has 0 spiro atoms. The average molecular weight is 258 g/mol. The van der Waals surface area contributed by atoms with Crippen molar-refractivity contribution in [2.24, 2.45) is 0 Å². The van der Waals surface area contributed by atoms with Gasteiger partial charge in [-0.3, -0.25) is 0 Å². The highest BCUT2D eigenvalue weighted by atomic mass is 16.3. The Balaban J connectivity index is 2.21. The van der Waals surface area contributed by atoms with Gasteiger partial charge in [0, 0.05) is 18.3 Å². The van der Waals surface area contributed by atoms with Crippen LogP contribution in [0.25, 0.3) is 0 Å². The Morgan fingerprint density at radius 1 is 1.26 bits per heavy atom. The number of aliphatic hydroxyl groups is 1. The number of rotatable bonds is 4. The van der Waals surface area contributed by atoms with E-state index in [1.807, 2.05) is 29.8 Å². The molecular weight excluding hydrogens is 236 g/mol. The Bertz CT molecular complexity index is 558. The summed E-state index contributed by atoms with van der Waals surface area (Å²) in [4.78, 5) is 4.35. The zero-order valence-corrected chi connectivity index (χ0v) is 12.1. The normalized spacial score (nSPS) is 12.9. The molecule has 2 aromatic rings. The molecular formula is C16H22N2O. The van der Waals surface area contributed by atoms with Crippen molar-refractivity contribution >= 4 is 0 Å². The quantitative estimate of drug-likeness (QED) is 0.913. The second-order valence-corrected chi connectivity index (χ2v) is 5.47. The van der Waals surface area contributed by atoms with E-state index in [0.717, 1.165) is 17.0 Å². The van der Waals surface area contributed by atoms with Gasteiger partial charge in [0.1, 0.15) is 5.82 Å². The Labute approximate surface area is 114 Å². The third-order valence-electron chi connectivity index (χ3n) is 3.42. The minimum Gasteiger partial charge on any atom is -0.387 e. The van der Waals surface area contributed by atoms with Crippen molar-refractivity contribution < 1.29 is 5.11 Å². The Morgan fingerprint density at radius 2 is 2.00 bits per heavy atom. The molecule has 3 nitrogen and oxygen atoms in total. The number of aliphatic hydroxyl groups excluding tert-OH is 1. The molecule has 1 aromatic heterocycles. The van der Waals surface area contributed by atoms with E-state index < -0.39 is 6.10 Å². The summed E-state index contributed by atoms with van der Waals surface area (Å²) in [7, 11) is 0. The maximum absolute atomic E-state index is 10.4. The third-order valence-corrected chi connectivity index (χ3v) is 3.42. The summed E-state index contributed by atoms with van der Waals surface area (Å²) in [5.41, 5.74) is 3.35. The predicted molar refractivity (Wildman–Crippen MR) is 77.2 cm³/mol. The van der Waals surface area contributed by atoms with E-state index in [-0.39, 0.29) is 0 Å². The number of nitrogens with zero attached hydrogens (tertiary/aromatic N) is 2. The standard InChI is InChI=1S/C16H22N2O/c1-11(2)16-17-7-8-18(16)10-15(19)14-6-5-12(3)9-13(14)4/h5-9,11,15,19H,10H2,1-4H3. The molecule has 1 aromatic carbocycles. The van der Waals surface area contributed by atoms with Gasteiger partial charge in [-0.1, -0.05) is 37.6 Å². The zero-order valence-electron chi connectivity index (χ0n) is 12.1. The van der Waals surface area contributed by atoms with E-state index in [0.29, 0.717) is 12.5 Å². The first-order chi connectivity index (χ1) is 8.99. The van der Waals surface area contributed by atoms with Crippen molar-refractivity contribution in [3.63, 3.8) is 0 Å². The van der Waals surface area contributed by atoms with Crippen LogP contribution < -0.4 is 0 Å². The molecule has 1 unspecified atom stereocenters. The minimum absolute atomic E-state index is 0.362. The lowest BCUT2D eigenvalue weighted by Gasteiger charge is -2.17. The molecule has 1 atom stereocenters. The van der Waals surface area contributed by atoms with Gasteiger partial charge < -0.3 is 9.67 Å². The van der Waals surface area contributed by atoms with Crippen LogP contribution in [0.4, 0.5) is 0 Å².